The number of benzene rings is 2. The molecule has 0 aromatic heterocycles. The standard InChI is InChI=1S/C14H9ClF2N2O2/c15-10-3-1-2-8(4-10)13(20)18-19-14(21)9-5-11(16)7-12(17)6-9/h1-7H,(H,18,20)(H,19,21). The van der Waals surface area contributed by atoms with Crippen molar-refractivity contribution in [3.63, 3.8) is 0 Å². The van der Waals surface area contributed by atoms with Gasteiger partial charge < -0.3 is 0 Å². The molecule has 0 spiro atoms. The van der Waals surface area contributed by atoms with Crippen molar-refractivity contribution >= 4 is 23.4 Å². The van der Waals surface area contributed by atoms with Gasteiger partial charge >= 0.3 is 0 Å². The molecule has 7 heteroatoms. The molecular formula is C14H9ClF2N2O2. The van der Waals surface area contributed by atoms with Gasteiger partial charge in [0.15, 0.2) is 0 Å². The number of rotatable bonds is 2. The molecule has 2 aromatic rings. The minimum absolute atomic E-state index is 0.230. The predicted molar refractivity (Wildman–Crippen MR) is 72.7 cm³/mol. The van der Waals surface area contributed by atoms with Gasteiger partial charge in [0.1, 0.15) is 11.6 Å². The number of carbonyl (C=O) groups is 2. The van der Waals surface area contributed by atoms with Crippen LogP contribution in [0.1, 0.15) is 20.7 Å². The zero-order valence-corrected chi connectivity index (χ0v) is 11.2. The van der Waals surface area contributed by atoms with Crippen LogP contribution >= 0.6 is 11.6 Å². The molecule has 4 nitrogen and oxygen atoms in total. The second kappa shape index (κ2) is 6.32. The van der Waals surface area contributed by atoms with Gasteiger partial charge in [-0.3, -0.25) is 20.4 Å². The zero-order valence-electron chi connectivity index (χ0n) is 10.5. The largest absolute Gasteiger partial charge is 0.269 e. The summed E-state index contributed by atoms with van der Waals surface area (Å²) in [6, 6.07) is 8.41. The highest BCUT2D eigenvalue weighted by Crippen LogP contribution is 2.10. The summed E-state index contributed by atoms with van der Waals surface area (Å²) in [5.74, 6) is -3.23. The smallest absolute Gasteiger partial charge is 0.267 e. The Bertz CT molecular complexity index is 687. The first kappa shape index (κ1) is 14.9. The van der Waals surface area contributed by atoms with Crippen molar-refractivity contribution in [3.8, 4) is 0 Å². The molecule has 0 fully saturated rings. The SMILES string of the molecule is O=C(NNC(=O)c1cccc(Cl)c1)c1cc(F)cc(F)c1. The Morgan fingerprint density at radius 3 is 2.00 bits per heavy atom. The molecule has 0 saturated carbocycles. The maximum absolute atomic E-state index is 13.0. The van der Waals surface area contributed by atoms with Gasteiger partial charge in [0.05, 0.1) is 0 Å². The van der Waals surface area contributed by atoms with Gasteiger partial charge in [-0.15, -0.1) is 0 Å². The van der Waals surface area contributed by atoms with E-state index < -0.39 is 23.4 Å². The predicted octanol–water partition coefficient (Wildman–Crippen LogP) is 2.69. The Kier molecular flexibility index (Phi) is 4.49. The molecule has 0 aliphatic rings. The van der Waals surface area contributed by atoms with Crippen LogP contribution in [-0.2, 0) is 0 Å². The molecule has 0 bridgehead atoms. The Balaban J connectivity index is 2.02. The third kappa shape index (κ3) is 4.00. The molecular weight excluding hydrogens is 302 g/mol. The van der Waals surface area contributed by atoms with Crippen LogP contribution < -0.4 is 10.9 Å². The van der Waals surface area contributed by atoms with Crippen molar-refractivity contribution in [2.75, 3.05) is 0 Å². The Morgan fingerprint density at radius 2 is 1.43 bits per heavy atom. The fourth-order valence-corrected chi connectivity index (χ4v) is 1.76. The summed E-state index contributed by atoms with van der Waals surface area (Å²) in [5.41, 5.74) is 4.16. The number of carbonyl (C=O) groups excluding carboxylic acids is 2. The van der Waals surface area contributed by atoms with Crippen molar-refractivity contribution in [1.29, 1.82) is 0 Å². The number of hydrazine groups is 1. The van der Waals surface area contributed by atoms with E-state index in [0.29, 0.717) is 11.1 Å². The van der Waals surface area contributed by atoms with E-state index in [-0.39, 0.29) is 11.1 Å². The van der Waals surface area contributed by atoms with E-state index in [2.05, 4.69) is 10.9 Å². The van der Waals surface area contributed by atoms with E-state index in [1.807, 2.05) is 0 Å². The molecule has 2 aromatic carbocycles. The van der Waals surface area contributed by atoms with Gasteiger partial charge in [-0.25, -0.2) is 8.78 Å². The van der Waals surface area contributed by atoms with Crippen molar-refractivity contribution in [1.82, 2.24) is 10.9 Å². The monoisotopic (exact) mass is 310 g/mol. The Hall–Kier alpha value is -2.47. The number of amides is 2. The zero-order chi connectivity index (χ0) is 15.4. The average molecular weight is 311 g/mol. The first-order valence-electron chi connectivity index (χ1n) is 5.78. The highest BCUT2D eigenvalue weighted by atomic mass is 35.5. The minimum atomic E-state index is -0.888. The average Bonchev–Trinajstić information content (AvgIpc) is 2.43. The topological polar surface area (TPSA) is 58.2 Å². The molecule has 0 aliphatic carbocycles. The number of hydrogen-bond donors (Lipinski definition) is 2. The summed E-state index contributed by atoms with van der Waals surface area (Å²) < 4.78 is 25.9. The molecule has 2 rings (SSSR count). The van der Waals surface area contributed by atoms with Gasteiger partial charge in [-0.05, 0) is 30.3 Å². The summed E-state index contributed by atoms with van der Waals surface area (Å²) in [4.78, 5) is 23.4. The molecule has 0 saturated heterocycles. The number of halogens is 3. The number of hydrogen-bond acceptors (Lipinski definition) is 2. The normalized spacial score (nSPS) is 10.0. The molecule has 0 atom stereocenters. The molecule has 2 N–H and O–H groups in total. The van der Waals surface area contributed by atoms with Crippen molar-refractivity contribution < 1.29 is 18.4 Å². The number of nitrogens with one attached hydrogen (secondary N) is 2. The van der Waals surface area contributed by atoms with E-state index in [4.69, 9.17) is 11.6 Å². The van der Waals surface area contributed by atoms with E-state index in [1.54, 1.807) is 12.1 Å². The third-order valence-corrected chi connectivity index (χ3v) is 2.74. The first-order chi connectivity index (χ1) is 9.95. The van der Waals surface area contributed by atoms with Gasteiger partial charge in [-0.2, -0.15) is 0 Å². The molecule has 0 radical (unpaired) electrons. The summed E-state index contributed by atoms with van der Waals surface area (Å²) in [6.07, 6.45) is 0. The summed E-state index contributed by atoms with van der Waals surface area (Å²) >= 11 is 5.73. The quantitative estimate of drug-likeness (QED) is 0.838. The van der Waals surface area contributed by atoms with Crippen LogP contribution in [-0.4, -0.2) is 11.8 Å². The van der Waals surface area contributed by atoms with E-state index in [9.17, 15) is 18.4 Å². The second-order valence-electron chi connectivity index (χ2n) is 4.08. The van der Waals surface area contributed by atoms with Crippen LogP contribution in [0.3, 0.4) is 0 Å². The van der Waals surface area contributed by atoms with Crippen molar-refractivity contribution in [3.05, 3.63) is 70.2 Å². The van der Waals surface area contributed by atoms with Crippen molar-refractivity contribution in [2.45, 2.75) is 0 Å². The Morgan fingerprint density at radius 1 is 0.857 bits per heavy atom. The van der Waals surface area contributed by atoms with Crippen LogP contribution in [0.15, 0.2) is 42.5 Å². The van der Waals surface area contributed by atoms with E-state index in [1.165, 1.54) is 12.1 Å². The lowest BCUT2D eigenvalue weighted by molar-refractivity contribution is 0.0846. The summed E-state index contributed by atoms with van der Waals surface area (Å²) in [7, 11) is 0. The minimum Gasteiger partial charge on any atom is -0.267 e. The summed E-state index contributed by atoms with van der Waals surface area (Å²) in [6.45, 7) is 0. The first-order valence-corrected chi connectivity index (χ1v) is 6.16. The lowest BCUT2D eigenvalue weighted by Crippen LogP contribution is -2.41. The van der Waals surface area contributed by atoms with Gasteiger partial charge in [0, 0.05) is 22.2 Å². The molecule has 0 aliphatic heterocycles. The van der Waals surface area contributed by atoms with Crippen LogP contribution in [0.5, 0.6) is 0 Å². The highest BCUT2D eigenvalue weighted by Gasteiger charge is 2.11. The van der Waals surface area contributed by atoms with Crippen molar-refractivity contribution in [2.24, 2.45) is 0 Å². The third-order valence-electron chi connectivity index (χ3n) is 2.50. The van der Waals surface area contributed by atoms with Gasteiger partial charge in [-0.1, -0.05) is 17.7 Å². The van der Waals surface area contributed by atoms with Crippen LogP contribution in [0.25, 0.3) is 0 Å². The maximum Gasteiger partial charge on any atom is 0.269 e. The molecule has 0 unspecified atom stereocenters. The summed E-state index contributed by atoms with van der Waals surface area (Å²) in [5, 5.41) is 0.362. The lowest BCUT2D eigenvalue weighted by atomic mass is 10.2. The molecule has 21 heavy (non-hydrogen) atoms. The molecule has 2 amide bonds. The maximum atomic E-state index is 13.0. The van der Waals surface area contributed by atoms with Crippen LogP contribution in [0.2, 0.25) is 5.02 Å². The fourth-order valence-electron chi connectivity index (χ4n) is 1.57. The van der Waals surface area contributed by atoms with Gasteiger partial charge in [0.25, 0.3) is 11.8 Å². The van der Waals surface area contributed by atoms with E-state index >= 15 is 0 Å². The van der Waals surface area contributed by atoms with E-state index in [0.717, 1.165) is 12.1 Å². The fraction of sp³-hybridized carbons (Fsp3) is 0. The molecule has 108 valence electrons. The lowest BCUT2D eigenvalue weighted by Gasteiger charge is -2.08. The Labute approximate surface area is 123 Å². The highest BCUT2D eigenvalue weighted by molar-refractivity contribution is 6.30. The molecule has 0 heterocycles. The van der Waals surface area contributed by atoms with Crippen LogP contribution in [0.4, 0.5) is 8.78 Å². The van der Waals surface area contributed by atoms with Gasteiger partial charge in [0.2, 0.25) is 0 Å². The van der Waals surface area contributed by atoms with Crippen LogP contribution in [0, 0.1) is 11.6 Å². The second-order valence-corrected chi connectivity index (χ2v) is 4.51.